The maximum Gasteiger partial charge on any atom is 0.414 e. The van der Waals surface area contributed by atoms with Crippen LogP contribution in [-0.2, 0) is 9.53 Å². The lowest BCUT2D eigenvalue weighted by Crippen LogP contribution is -2.35. The highest BCUT2D eigenvalue weighted by molar-refractivity contribution is 5.90. The summed E-state index contributed by atoms with van der Waals surface area (Å²) in [4.78, 5) is 26.5. The Morgan fingerprint density at radius 2 is 2.18 bits per heavy atom. The van der Waals surface area contributed by atoms with Crippen LogP contribution in [0.5, 0.6) is 0 Å². The first-order chi connectivity index (χ1) is 13.4. The predicted octanol–water partition coefficient (Wildman–Crippen LogP) is 2.42. The zero-order valence-corrected chi connectivity index (χ0v) is 15.8. The number of amides is 2. The monoisotopic (exact) mass is 386 g/mol. The molecule has 4 rings (SSSR count). The molecule has 1 spiro atoms. The fourth-order valence-electron chi connectivity index (χ4n) is 4.29. The van der Waals surface area contributed by atoms with E-state index in [0.29, 0.717) is 11.4 Å². The van der Waals surface area contributed by atoms with E-state index >= 15 is 0 Å². The fraction of sp³-hybridized carbons (Fsp3) is 0.550. The lowest BCUT2D eigenvalue weighted by Gasteiger charge is -2.34. The van der Waals surface area contributed by atoms with Gasteiger partial charge in [-0.3, -0.25) is 9.69 Å². The molecular formula is C20H23FN4O3. The summed E-state index contributed by atoms with van der Waals surface area (Å²) in [5.41, 5.74) is 1.12. The van der Waals surface area contributed by atoms with E-state index < -0.39 is 12.2 Å². The topological polar surface area (TPSA) is 85.7 Å². The molecule has 8 heteroatoms. The van der Waals surface area contributed by atoms with Gasteiger partial charge < -0.3 is 15.0 Å². The lowest BCUT2D eigenvalue weighted by atomic mass is 9.91. The number of halogens is 1. The minimum Gasteiger partial charge on any atom is -0.442 e. The molecule has 1 saturated carbocycles. The summed E-state index contributed by atoms with van der Waals surface area (Å²) in [6, 6.07) is 7.14. The molecule has 1 aliphatic carbocycles. The molecule has 3 fully saturated rings. The number of hydrogen-bond donors (Lipinski definition) is 1. The second-order valence-corrected chi connectivity index (χ2v) is 7.92. The molecule has 1 aromatic rings. The minimum absolute atomic E-state index is 0.157. The molecule has 3 aliphatic rings. The number of carbonyl (C=O) groups is 2. The third-order valence-corrected chi connectivity index (χ3v) is 6.14. The average Bonchev–Trinajstić information content (AvgIpc) is 3.22. The molecule has 2 aliphatic heterocycles. The summed E-state index contributed by atoms with van der Waals surface area (Å²) in [6.45, 7) is 3.36. The number of hydrogen-bond acceptors (Lipinski definition) is 5. The summed E-state index contributed by atoms with van der Waals surface area (Å²) in [5.74, 6) is -0.409. The number of piperidine rings is 1. The fourth-order valence-corrected chi connectivity index (χ4v) is 4.29. The average molecular weight is 386 g/mol. The molecule has 1 aromatic carbocycles. The van der Waals surface area contributed by atoms with Crippen LogP contribution in [0.4, 0.5) is 20.6 Å². The van der Waals surface area contributed by atoms with Crippen molar-refractivity contribution in [1.29, 1.82) is 5.26 Å². The van der Waals surface area contributed by atoms with Crippen molar-refractivity contribution in [2.45, 2.75) is 32.3 Å². The standard InChI is InChI=1S/C20H23FN4O3/c1-13(26)23-11-16-12-25(19(27)28-16)15-2-3-18(17(21)8-15)24-6-4-20(5-7-24)9-14(20)10-22/h2-3,8,14,16H,4-7,9,11-12H2,1H3,(H,23,26). The van der Waals surface area contributed by atoms with E-state index in [-0.39, 0.29) is 36.1 Å². The molecular weight excluding hydrogens is 363 g/mol. The molecule has 2 heterocycles. The van der Waals surface area contributed by atoms with Gasteiger partial charge in [0.05, 0.1) is 36.5 Å². The number of ether oxygens (including phenoxy) is 1. The van der Waals surface area contributed by atoms with Crippen LogP contribution in [0.15, 0.2) is 18.2 Å². The molecule has 2 unspecified atom stereocenters. The van der Waals surface area contributed by atoms with Gasteiger partial charge in [-0.2, -0.15) is 5.26 Å². The molecule has 0 radical (unpaired) electrons. The van der Waals surface area contributed by atoms with Gasteiger partial charge in [0.25, 0.3) is 0 Å². The van der Waals surface area contributed by atoms with Crippen molar-refractivity contribution in [2.24, 2.45) is 11.3 Å². The molecule has 28 heavy (non-hydrogen) atoms. The zero-order valence-electron chi connectivity index (χ0n) is 15.8. The van der Waals surface area contributed by atoms with Gasteiger partial charge in [0.15, 0.2) is 0 Å². The second kappa shape index (κ2) is 6.97. The van der Waals surface area contributed by atoms with E-state index in [1.807, 2.05) is 4.90 Å². The van der Waals surface area contributed by atoms with Crippen molar-refractivity contribution in [3.63, 3.8) is 0 Å². The minimum atomic E-state index is -0.543. The molecule has 7 nitrogen and oxygen atoms in total. The number of nitriles is 1. The molecule has 0 bridgehead atoms. The summed E-state index contributed by atoms with van der Waals surface area (Å²) in [7, 11) is 0. The van der Waals surface area contributed by atoms with E-state index in [4.69, 9.17) is 10.00 Å². The molecule has 2 saturated heterocycles. The van der Waals surface area contributed by atoms with Gasteiger partial charge in [0, 0.05) is 20.0 Å². The highest BCUT2D eigenvalue weighted by Gasteiger charge is 2.55. The van der Waals surface area contributed by atoms with Crippen molar-refractivity contribution in [3.8, 4) is 6.07 Å². The number of anilines is 2. The third-order valence-electron chi connectivity index (χ3n) is 6.14. The Balaban J connectivity index is 1.40. The van der Waals surface area contributed by atoms with Gasteiger partial charge in [-0.15, -0.1) is 0 Å². The first-order valence-corrected chi connectivity index (χ1v) is 9.58. The summed E-state index contributed by atoms with van der Waals surface area (Å²) in [5, 5.41) is 11.7. The Morgan fingerprint density at radius 3 is 2.79 bits per heavy atom. The molecule has 2 amide bonds. The van der Waals surface area contributed by atoms with Gasteiger partial charge in [0.2, 0.25) is 5.91 Å². The van der Waals surface area contributed by atoms with E-state index in [1.54, 1.807) is 12.1 Å². The number of nitrogens with zero attached hydrogens (tertiary/aromatic N) is 3. The zero-order chi connectivity index (χ0) is 19.9. The molecule has 148 valence electrons. The van der Waals surface area contributed by atoms with Crippen LogP contribution in [0.3, 0.4) is 0 Å². The van der Waals surface area contributed by atoms with Gasteiger partial charge in [-0.05, 0) is 42.9 Å². The van der Waals surface area contributed by atoms with Crippen molar-refractivity contribution in [2.75, 3.05) is 36.0 Å². The van der Waals surface area contributed by atoms with E-state index in [1.165, 1.54) is 17.9 Å². The number of carbonyl (C=O) groups excluding carboxylic acids is 2. The highest BCUT2D eigenvalue weighted by Crippen LogP contribution is 2.59. The molecule has 1 N–H and O–H groups in total. The number of cyclic esters (lactones) is 1. The van der Waals surface area contributed by atoms with Crippen LogP contribution < -0.4 is 15.1 Å². The van der Waals surface area contributed by atoms with Gasteiger partial charge in [-0.25, -0.2) is 9.18 Å². The van der Waals surface area contributed by atoms with Crippen LogP contribution in [0, 0.1) is 28.5 Å². The van der Waals surface area contributed by atoms with Crippen molar-refractivity contribution in [1.82, 2.24) is 5.32 Å². The first kappa shape index (κ1) is 18.5. The van der Waals surface area contributed by atoms with Crippen LogP contribution in [0.25, 0.3) is 0 Å². The van der Waals surface area contributed by atoms with E-state index in [0.717, 1.165) is 32.4 Å². The number of rotatable bonds is 4. The maximum atomic E-state index is 14.8. The van der Waals surface area contributed by atoms with Gasteiger partial charge >= 0.3 is 6.09 Å². The van der Waals surface area contributed by atoms with Crippen LogP contribution in [0.2, 0.25) is 0 Å². The Hall–Kier alpha value is -2.82. The SMILES string of the molecule is CC(=O)NCC1CN(c2ccc(N3CCC4(CC3)CC4C#N)c(F)c2)C(=O)O1. The van der Waals surface area contributed by atoms with Crippen LogP contribution >= 0.6 is 0 Å². The lowest BCUT2D eigenvalue weighted by molar-refractivity contribution is -0.119. The summed E-state index contributed by atoms with van der Waals surface area (Å²) < 4.78 is 20.0. The quantitative estimate of drug-likeness (QED) is 0.859. The van der Waals surface area contributed by atoms with Crippen molar-refractivity contribution < 1.29 is 18.7 Å². The predicted molar refractivity (Wildman–Crippen MR) is 100 cm³/mol. The second-order valence-electron chi connectivity index (χ2n) is 7.92. The normalized spacial score (nSPS) is 25.4. The van der Waals surface area contributed by atoms with Crippen LogP contribution in [0.1, 0.15) is 26.2 Å². The van der Waals surface area contributed by atoms with Crippen molar-refractivity contribution >= 4 is 23.4 Å². The summed E-state index contributed by atoms with van der Waals surface area (Å²) in [6.07, 6.45) is 1.80. The molecule has 0 aromatic heterocycles. The third kappa shape index (κ3) is 3.37. The van der Waals surface area contributed by atoms with Crippen molar-refractivity contribution in [3.05, 3.63) is 24.0 Å². The smallest absolute Gasteiger partial charge is 0.414 e. The Kier molecular flexibility index (Phi) is 4.61. The first-order valence-electron chi connectivity index (χ1n) is 9.58. The highest BCUT2D eigenvalue weighted by atomic mass is 19.1. The van der Waals surface area contributed by atoms with Gasteiger partial charge in [0.1, 0.15) is 11.9 Å². The Morgan fingerprint density at radius 1 is 1.43 bits per heavy atom. The number of benzene rings is 1. The Bertz CT molecular complexity index is 844. The number of nitrogens with one attached hydrogen (secondary N) is 1. The Labute approximate surface area is 163 Å². The van der Waals surface area contributed by atoms with Gasteiger partial charge in [-0.1, -0.05) is 0 Å². The van der Waals surface area contributed by atoms with E-state index in [2.05, 4.69) is 11.4 Å². The van der Waals surface area contributed by atoms with E-state index in [9.17, 15) is 14.0 Å². The molecule has 2 atom stereocenters. The van der Waals surface area contributed by atoms with Crippen LogP contribution in [-0.4, -0.2) is 44.3 Å². The maximum absolute atomic E-state index is 14.8. The largest absolute Gasteiger partial charge is 0.442 e. The summed E-state index contributed by atoms with van der Waals surface area (Å²) >= 11 is 0.